The fourth-order valence-corrected chi connectivity index (χ4v) is 4.31. The van der Waals surface area contributed by atoms with Crippen LogP contribution in [0.2, 0.25) is 0 Å². The second-order valence-electron chi connectivity index (χ2n) is 6.49. The third kappa shape index (κ3) is 4.90. The molecule has 2 aromatic rings. The molecule has 0 unspecified atom stereocenters. The molecule has 1 heterocycles. The molecule has 1 fully saturated rings. The monoisotopic (exact) mass is 364 g/mol. The van der Waals surface area contributed by atoms with E-state index in [0.717, 1.165) is 0 Å². The van der Waals surface area contributed by atoms with Gasteiger partial charge in [0, 0.05) is 30.6 Å². The van der Waals surface area contributed by atoms with Gasteiger partial charge in [0.05, 0.1) is 4.90 Å². The molecule has 3 rings (SSSR count). The lowest BCUT2D eigenvalue weighted by atomic mass is 10.1. The van der Waals surface area contributed by atoms with Gasteiger partial charge in [-0.3, -0.25) is 0 Å². The van der Waals surface area contributed by atoms with Crippen molar-refractivity contribution in [1.29, 1.82) is 0 Å². The van der Waals surface area contributed by atoms with E-state index < -0.39 is 15.6 Å². The largest absolute Gasteiger partial charge is 0.423 e. The first-order chi connectivity index (χ1) is 12.0. The number of fused-ring (bicyclic) bond motifs is 1. The molecule has 1 aliphatic carbocycles. The molecule has 1 aromatic carbocycles. The standard InChI is InChI=1S/C18H24N2O4S/c21-18-10-7-14-13-16(8-9-17(14)24-18)25(22,23)20-12-11-19-15-5-3-1-2-4-6-15/h7-10,13,15,19-20H,1-6,11-12H2. The Hall–Kier alpha value is -1.70. The van der Waals surface area contributed by atoms with Gasteiger partial charge in [-0.1, -0.05) is 25.7 Å². The first-order valence-corrected chi connectivity index (χ1v) is 10.3. The lowest BCUT2D eigenvalue weighted by Gasteiger charge is -2.16. The van der Waals surface area contributed by atoms with Crippen molar-refractivity contribution in [3.8, 4) is 0 Å². The molecule has 1 aliphatic rings. The van der Waals surface area contributed by atoms with E-state index in [-0.39, 0.29) is 4.90 Å². The molecular formula is C18H24N2O4S. The van der Waals surface area contributed by atoms with Crippen LogP contribution in [0.1, 0.15) is 38.5 Å². The van der Waals surface area contributed by atoms with Crippen LogP contribution in [0.3, 0.4) is 0 Å². The minimum atomic E-state index is -3.58. The van der Waals surface area contributed by atoms with Crippen molar-refractivity contribution in [3.63, 3.8) is 0 Å². The quantitative estimate of drug-likeness (QED) is 0.467. The summed E-state index contributed by atoms with van der Waals surface area (Å²) in [6.45, 7) is 0.965. The van der Waals surface area contributed by atoms with Crippen molar-refractivity contribution in [1.82, 2.24) is 10.0 Å². The van der Waals surface area contributed by atoms with Gasteiger partial charge >= 0.3 is 5.63 Å². The molecule has 1 saturated carbocycles. The van der Waals surface area contributed by atoms with E-state index >= 15 is 0 Å². The number of nitrogens with one attached hydrogen (secondary N) is 2. The molecular weight excluding hydrogens is 340 g/mol. The summed E-state index contributed by atoms with van der Waals surface area (Å²) in [6, 6.07) is 7.81. The minimum Gasteiger partial charge on any atom is -0.423 e. The van der Waals surface area contributed by atoms with Crippen LogP contribution in [-0.4, -0.2) is 27.5 Å². The van der Waals surface area contributed by atoms with E-state index in [1.54, 1.807) is 6.07 Å². The number of hydrogen-bond donors (Lipinski definition) is 2. The molecule has 0 amide bonds. The maximum atomic E-state index is 12.4. The first-order valence-electron chi connectivity index (χ1n) is 8.81. The van der Waals surface area contributed by atoms with E-state index in [1.807, 2.05) is 0 Å². The highest BCUT2D eigenvalue weighted by molar-refractivity contribution is 7.89. The van der Waals surface area contributed by atoms with Crippen LogP contribution < -0.4 is 15.7 Å². The molecule has 6 nitrogen and oxygen atoms in total. The highest BCUT2D eigenvalue weighted by atomic mass is 32.2. The number of benzene rings is 1. The van der Waals surface area contributed by atoms with E-state index in [9.17, 15) is 13.2 Å². The molecule has 0 radical (unpaired) electrons. The Kier molecular flexibility index (Phi) is 5.88. The van der Waals surface area contributed by atoms with Gasteiger partial charge in [-0.25, -0.2) is 17.9 Å². The Morgan fingerprint density at radius 3 is 2.52 bits per heavy atom. The number of sulfonamides is 1. The van der Waals surface area contributed by atoms with E-state index in [2.05, 4.69) is 10.0 Å². The van der Waals surface area contributed by atoms with Crippen LogP contribution in [0.25, 0.3) is 11.0 Å². The Balaban J connectivity index is 1.58. The summed E-state index contributed by atoms with van der Waals surface area (Å²) in [4.78, 5) is 11.4. The highest BCUT2D eigenvalue weighted by Gasteiger charge is 2.15. The Morgan fingerprint density at radius 2 is 1.76 bits per heavy atom. The SMILES string of the molecule is O=c1ccc2cc(S(=O)(=O)NCCNC3CCCCCC3)ccc2o1. The number of hydrogen-bond acceptors (Lipinski definition) is 5. The molecule has 1 aromatic heterocycles. The average Bonchev–Trinajstić information content (AvgIpc) is 2.87. The Bertz CT molecular complexity index is 868. The predicted octanol–water partition coefficient (Wildman–Crippen LogP) is 2.38. The molecule has 136 valence electrons. The first kappa shape index (κ1) is 18.1. The van der Waals surface area contributed by atoms with E-state index in [1.165, 1.54) is 62.8 Å². The second kappa shape index (κ2) is 8.12. The summed E-state index contributed by atoms with van der Waals surface area (Å²) < 4.78 is 32.5. The maximum Gasteiger partial charge on any atom is 0.336 e. The smallest absolute Gasteiger partial charge is 0.336 e. The van der Waals surface area contributed by atoms with Crippen molar-refractivity contribution in [2.75, 3.05) is 13.1 Å². The zero-order valence-corrected chi connectivity index (χ0v) is 15.0. The van der Waals surface area contributed by atoms with Gasteiger partial charge < -0.3 is 9.73 Å². The maximum absolute atomic E-state index is 12.4. The second-order valence-corrected chi connectivity index (χ2v) is 8.26. The normalized spacial score (nSPS) is 16.8. The summed E-state index contributed by atoms with van der Waals surface area (Å²) >= 11 is 0. The molecule has 0 spiro atoms. The van der Waals surface area contributed by atoms with Gasteiger partial charge in [0.25, 0.3) is 0 Å². The highest BCUT2D eigenvalue weighted by Crippen LogP contribution is 2.18. The predicted molar refractivity (Wildman–Crippen MR) is 97.2 cm³/mol. The molecule has 2 N–H and O–H groups in total. The van der Waals surface area contributed by atoms with Crippen molar-refractivity contribution in [3.05, 3.63) is 40.8 Å². The number of rotatable bonds is 6. The van der Waals surface area contributed by atoms with Crippen LogP contribution in [-0.2, 0) is 10.0 Å². The minimum absolute atomic E-state index is 0.170. The summed E-state index contributed by atoms with van der Waals surface area (Å²) in [5.41, 5.74) is -0.0766. The zero-order valence-electron chi connectivity index (χ0n) is 14.2. The Morgan fingerprint density at radius 1 is 1.00 bits per heavy atom. The van der Waals surface area contributed by atoms with Crippen molar-refractivity contribution < 1.29 is 12.8 Å². The molecule has 0 atom stereocenters. The Labute approximate surface area is 147 Å². The molecule has 7 heteroatoms. The third-order valence-electron chi connectivity index (χ3n) is 4.61. The van der Waals surface area contributed by atoms with Gasteiger partial charge in [-0.2, -0.15) is 0 Å². The molecule has 25 heavy (non-hydrogen) atoms. The van der Waals surface area contributed by atoms with Crippen molar-refractivity contribution >= 4 is 21.0 Å². The lowest BCUT2D eigenvalue weighted by Crippen LogP contribution is -2.36. The van der Waals surface area contributed by atoms with Crippen LogP contribution in [0.15, 0.2) is 44.4 Å². The molecule has 0 saturated heterocycles. The van der Waals surface area contributed by atoms with Gasteiger partial charge in [-0.15, -0.1) is 0 Å². The zero-order chi connectivity index (χ0) is 17.7. The van der Waals surface area contributed by atoms with Crippen LogP contribution in [0.4, 0.5) is 0 Å². The summed E-state index contributed by atoms with van der Waals surface area (Å²) in [6.07, 6.45) is 7.43. The fraction of sp³-hybridized carbons (Fsp3) is 0.500. The summed E-state index contributed by atoms with van der Waals surface area (Å²) in [5.74, 6) is 0. The fourth-order valence-electron chi connectivity index (χ4n) is 3.25. The third-order valence-corrected chi connectivity index (χ3v) is 6.07. The summed E-state index contributed by atoms with van der Waals surface area (Å²) in [7, 11) is -3.58. The van der Waals surface area contributed by atoms with Crippen LogP contribution in [0, 0.1) is 0 Å². The van der Waals surface area contributed by atoms with Gasteiger partial charge in [0.15, 0.2) is 0 Å². The van der Waals surface area contributed by atoms with Gasteiger partial charge in [0.2, 0.25) is 10.0 Å². The molecule has 0 aliphatic heterocycles. The molecule has 0 bridgehead atoms. The van der Waals surface area contributed by atoms with Crippen LogP contribution >= 0.6 is 0 Å². The summed E-state index contributed by atoms with van der Waals surface area (Å²) in [5, 5.41) is 4.03. The van der Waals surface area contributed by atoms with E-state index in [0.29, 0.717) is 30.1 Å². The topological polar surface area (TPSA) is 88.4 Å². The van der Waals surface area contributed by atoms with Crippen LogP contribution in [0.5, 0.6) is 0 Å². The van der Waals surface area contributed by atoms with Crippen molar-refractivity contribution in [2.24, 2.45) is 0 Å². The van der Waals surface area contributed by atoms with Gasteiger partial charge in [0.1, 0.15) is 5.58 Å². The average molecular weight is 364 g/mol. The lowest BCUT2D eigenvalue weighted by molar-refractivity contribution is 0.461. The van der Waals surface area contributed by atoms with E-state index in [4.69, 9.17) is 4.42 Å². The van der Waals surface area contributed by atoms with Crippen molar-refractivity contribution in [2.45, 2.75) is 49.5 Å². The van der Waals surface area contributed by atoms with Gasteiger partial charge in [-0.05, 0) is 37.1 Å².